The summed E-state index contributed by atoms with van der Waals surface area (Å²) in [6.45, 7) is 5.76. The summed E-state index contributed by atoms with van der Waals surface area (Å²) < 4.78 is 113. The number of pyridine rings is 1. The Kier molecular flexibility index (Phi) is 30.9. The second kappa shape index (κ2) is 26.1. The molecule has 20 heteroatoms. The van der Waals surface area contributed by atoms with Gasteiger partial charge in [-0.3, -0.25) is 4.98 Å². The summed E-state index contributed by atoms with van der Waals surface area (Å²) in [5, 5.41) is 1.16. The summed E-state index contributed by atoms with van der Waals surface area (Å²) in [7, 11) is -15.7. The van der Waals surface area contributed by atoms with Gasteiger partial charge in [-0.15, -0.1) is 30.7 Å². The number of halogens is 3. The van der Waals surface area contributed by atoms with Crippen molar-refractivity contribution in [1.29, 1.82) is 0 Å². The molecule has 15 nitrogen and oxygen atoms in total. The molecule has 2 aromatic rings. The fraction of sp³-hybridized carbons (Fsp3) is 0.353. The van der Waals surface area contributed by atoms with Crippen LogP contribution >= 0.6 is 8.38 Å². The molecular formula is C17H24AuCl3NO14P. The molecule has 1 heterocycles. The summed E-state index contributed by atoms with van der Waals surface area (Å²) in [4.78, 5) is 3.78. The van der Waals surface area contributed by atoms with Gasteiger partial charge in [0.2, 0.25) is 8.38 Å². The van der Waals surface area contributed by atoms with Gasteiger partial charge in [-0.05, 0) is 37.1 Å². The summed E-state index contributed by atoms with van der Waals surface area (Å²) in [5.41, 5.74) is 0. The van der Waals surface area contributed by atoms with Gasteiger partial charge in [0.1, 0.15) is 0 Å². The predicted octanol–water partition coefficient (Wildman–Crippen LogP) is -9.71. The topological polar surface area (TPSA) is 308 Å². The number of hydrogen-bond donors (Lipinski definition) is 0. The van der Waals surface area contributed by atoms with Crippen LogP contribution in [0.4, 0.5) is 0 Å². The molecule has 2 rings (SSSR count). The Morgan fingerprint density at radius 2 is 0.892 bits per heavy atom. The van der Waals surface area contributed by atoms with E-state index in [1.54, 1.807) is 12.4 Å². The zero-order chi connectivity index (χ0) is 28.7. The zero-order valence-corrected chi connectivity index (χ0v) is 24.5. The molecule has 0 atom stereocenters. The van der Waals surface area contributed by atoms with Crippen molar-refractivity contribution in [2.45, 2.75) is 26.7 Å². The smallest absolute Gasteiger partial charge is 0.331 e. The van der Waals surface area contributed by atoms with Crippen molar-refractivity contribution in [3.8, 4) is 0 Å². The van der Waals surface area contributed by atoms with Crippen molar-refractivity contribution in [2.75, 3.05) is 13.2 Å². The molecule has 0 saturated heterocycles. The van der Waals surface area contributed by atoms with Crippen molar-refractivity contribution in [2.24, 2.45) is 0 Å². The molecule has 0 aliphatic rings. The fourth-order valence-corrected chi connectivity index (χ4v) is 2.88. The normalized spacial score (nSPS) is 10.6. The molecule has 0 aliphatic heterocycles. The van der Waals surface area contributed by atoms with Crippen LogP contribution in [-0.2, 0) is 31.4 Å². The molecule has 0 saturated carbocycles. The van der Waals surface area contributed by atoms with E-state index in [-0.39, 0.29) is 22.4 Å². The van der Waals surface area contributed by atoms with E-state index in [1.807, 2.05) is 36.4 Å². The molecule has 0 N–H and O–H groups in total. The predicted molar refractivity (Wildman–Crippen MR) is 89.7 cm³/mol. The molecule has 0 radical (unpaired) electrons. The number of aromatic nitrogens is 1. The van der Waals surface area contributed by atoms with E-state index in [9.17, 15) is 0 Å². The zero-order valence-electron chi connectivity index (χ0n) is 19.1. The van der Waals surface area contributed by atoms with Gasteiger partial charge in [0.25, 0.3) is 0 Å². The molecule has 0 fully saturated rings. The summed E-state index contributed by atoms with van der Waals surface area (Å²) in [5.74, 6) is 0. The first kappa shape index (κ1) is 43.9. The largest absolute Gasteiger partial charge is 3.00 e. The van der Waals surface area contributed by atoms with Crippen LogP contribution in [0.15, 0.2) is 60.9 Å². The van der Waals surface area contributed by atoms with E-state index in [1.165, 1.54) is 0 Å². The number of nitrogens with zero attached hydrogens (tertiary/aromatic N) is 1. The molecule has 0 amide bonds. The first-order chi connectivity index (χ1) is 16.4. The van der Waals surface area contributed by atoms with Crippen LogP contribution in [-0.4, -0.2) is 18.2 Å². The molecule has 1 aromatic heterocycles. The van der Waals surface area contributed by atoms with Gasteiger partial charge in [0.15, 0.2) is 0 Å². The second-order valence-electron chi connectivity index (χ2n) is 5.42. The Bertz CT molecular complexity index is 631. The van der Waals surface area contributed by atoms with Crippen LogP contribution < -0.4 is 61.2 Å². The van der Waals surface area contributed by atoms with Gasteiger partial charge in [0.05, 0.1) is 13.2 Å². The maximum Gasteiger partial charge on any atom is 3.00 e. The number of benzene rings is 1. The van der Waals surface area contributed by atoms with E-state index in [0.717, 1.165) is 31.4 Å². The van der Waals surface area contributed by atoms with Gasteiger partial charge in [-0.2, -0.15) is 0 Å². The maximum atomic E-state index is 8.49. The van der Waals surface area contributed by atoms with Gasteiger partial charge in [0, 0.05) is 17.7 Å². The van der Waals surface area contributed by atoms with Crippen LogP contribution in [0, 0.1) is 30.7 Å². The van der Waals surface area contributed by atoms with E-state index in [2.05, 4.69) is 31.0 Å². The second-order valence-corrected chi connectivity index (χ2v) is 9.23. The third-order valence-electron chi connectivity index (χ3n) is 2.36. The molecule has 37 heavy (non-hydrogen) atoms. The molecular weight excluding hydrogens is 776 g/mol. The monoisotopic (exact) mass is 799 g/mol. The van der Waals surface area contributed by atoms with Crippen LogP contribution in [0.3, 0.4) is 0 Å². The molecule has 0 spiro atoms. The molecule has 0 aliphatic carbocycles. The van der Waals surface area contributed by atoms with Crippen LogP contribution in [0.25, 0.3) is 0 Å². The average molecular weight is 801 g/mol. The van der Waals surface area contributed by atoms with E-state index < -0.39 is 39.1 Å². The van der Waals surface area contributed by atoms with E-state index in [4.69, 9.17) is 65.0 Å². The Morgan fingerprint density at radius 1 is 0.595 bits per heavy atom. The minimum Gasteiger partial charge on any atom is -0.331 e. The fourth-order valence-electron chi connectivity index (χ4n) is 1.40. The first-order valence-corrected chi connectivity index (χ1v) is 14.1. The summed E-state index contributed by atoms with van der Waals surface area (Å²) >= 11 is 0. The standard InChI is InChI=1S/C12H19O2P.C5H5N.Au.3ClHO4/c1-3-10-13-15(14-11-4-2)12-8-6-5-7-9-12;1-2-4-6-5-3-1;;3*2-1(3,4)5/h5-9H,3-4,10-11H2,1-2H3;1-5H;;3*(H,2,3,4,5)/q;;+3;;;/p-3. The van der Waals surface area contributed by atoms with Crippen molar-refractivity contribution in [3.05, 3.63) is 60.9 Å². The van der Waals surface area contributed by atoms with E-state index >= 15 is 0 Å². The SMILES string of the molecule is CCCOP(OCCC)c1ccccc1.[Au+3].[O-][Cl+3]([O-])([O-])[O-].[O-][Cl+3]([O-])([O-])[O-].[O-][Cl+3]([O-])([O-])[O-].c1ccncc1. The quantitative estimate of drug-likeness (QED) is 0.185. The van der Waals surface area contributed by atoms with Crippen molar-refractivity contribution in [3.63, 3.8) is 0 Å². The Labute approximate surface area is 236 Å². The van der Waals surface area contributed by atoms with Crippen LogP contribution in [0.5, 0.6) is 0 Å². The van der Waals surface area contributed by atoms with Crippen LogP contribution in [0.2, 0.25) is 0 Å². The van der Waals surface area contributed by atoms with Crippen molar-refractivity contribution in [1.82, 2.24) is 4.98 Å². The molecule has 0 bridgehead atoms. The maximum absolute atomic E-state index is 8.49. The molecule has 0 unspecified atom stereocenters. The van der Waals surface area contributed by atoms with Gasteiger partial charge in [-0.1, -0.05) is 38.1 Å². The average Bonchev–Trinajstić information content (AvgIpc) is 2.73. The summed E-state index contributed by atoms with van der Waals surface area (Å²) in [6.07, 6.45) is 5.56. The first-order valence-electron chi connectivity index (χ1n) is 9.19. The minimum absolute atomic E-state index is 0. The Balaban J connectivity index is -0.000000206. The third kappa shape index (κ3) is 61.5. The summed E-state index contributed by atoms with van der Waals surface area (Å²) in [6, 6.07) is 15.9. The third-order valence-corrected chi connectivity index (χ3v) is 3.91. The molecule has 1 aromatic carbocycles. The number of rotatable bonds is 7. The van der Waals surface area contributed by atoms with Crippen molar-refractivity contribution < 1.29 is 118 Å². The number of hydrogen-bond acceptors (Lipinski definition) is 15. The minimum atomic E-state index is -4.94. The van der Waals surface area contributed by atoms with Crippen molar-refractivity contribution >= 4 is 13.7 Å². The van der Waals surface area contributed by atoms with E-state index in [0.29, 0.717) is 0 Å². The Morgan fingerprint density at radius 3 is 1.11 bits per heavy atom. The Hall–Kier alpha value is -0.150. The van der Waals surface area contributed by atoms with Crippen LogP contribution in [0.1, 0.15) is 26.7 Å². The van der Waals surface area contributed by atoms with Gasteiger partial charge >= 0.3 is 22.4 Å². The van der Waals surface area contributed by atoms with Gasteiger partial charge in [-0.25, -0.2) is 55.9 Å². The van der Waals surface area contributed by atoms with Gasteiger partial charge < -0.3 is 9.05 Å². The molecule has 218 valence electrons.